The summed E-state index contributed by atoms with van der Waals surface area (Å²) >= 11 is 0. The normalized spacial score (nSPS) is 28.7. The van der Waals surface area contributed by atoms with E-state index in [-0.39, 0.29) is 40.8 Å². The van der Waals surface area contributed by atoms with Gasteiger partial charge in [-0.25, -0.2) is 0 Å². The largest absolute Gasteiger partial charge is 0.457 e. The van der Waals surface area contributed by atoms with Gasteiger partial charge in [-0.3, -0.25) is 9.63 Å². The molecule has 2 aromatic rings. The lowest BCUT2D eigenvalue weighted by Gasteiger charge is -2.43. The van der Waals surface area contributed by atoms with Gasteiger partial charge in [0.15, 0.2) is 6.10 Å². The molecule has 3 saturated heterocycles. The first-order valence-corrected chi connectivity index (χ1v) is 15.0. The van der Waals surface area contributed by atoms with Gasteiger partial charge in [0.25, 0.3) is 8.32 Å². The first-order chi connectivity index (χ1) is 17.0. The Bertz CT molecular complexity index is 1030. The molecule has 0 N–H and O–H groups in total. The molecule has 0 unspecified atom stereocenters. The highest BCUT2D eigenvalue weighted by Gasteiger charge is 2.62. The number of rotatable bonds is 6. The van der Waals surface area contributed by atoms with Gasteiger partial charge in [0.2, 0.25) is 0 Å². The lowest BCUT2D eigenvalue weighted by molar-refractivity contribution is -0.187. The van der Waals surface area contributed by atoms with Gasteiger partial charge in [-0.1, -0.05) is 81.4 Å². The summed E-state index contributed by atoms with van der Waals surface area (Å²) < 4.78 is 19.3. The van der Waals surface area contributed by atoms with Crippen molar-refractivity contribution in [3.05, 3.63) is 60.7 Å². The summed E-state index contributed by atoms with van der Waals surface area (Å²) in [7, 11) is -2.74. The van der Waals surface area contributed by atoms with E-state index in [1.807, 2.05) is 17.2 Å². The Morgan fingerprint density at radius 1 is 0.944 bits per heavy atom. The van der Waals surface area contributed by atoms with Gasteiger partial charge in [0.05, 0.1) is 24.4 Å². The molecule has 0 aliphatic carbocycles. The third kappa shape index (κ3) is 4.45. The zero-order chi connectivity index (χ0) is 25.7. The van der Waals surface area contributed by atoms with Crippen molar-refractivity contribution in [3.8, 4) is 0 Å². The Morgan fingerprint density at radius 2 is 1.53 bits per heavy atom. The summed E-state index contributed by atoms with van der Waals surface area (Å²) in [6, 6.07) is 20.9. The second kappa shape index (κ2) is 9.37. The van der Waals surface area contributed by atoms with Crippen molar-refractivity contribution >= 4 is 24.7 Å². The number of hydroxylamine groups is 2. The van der Waals surface area contributed by atoms with Crippen molar-refractivity contribution in [1.29, 1.82) is 0 Å². The van der Waals surface area contributed by atoms with Crippen LogP contribution >= 0.6 is 0 Å². The number of hydrogen-bond acceptors (Lipinski definition) is 6. The average Bonchev–Trinajstić information content (AvgIpc) is 3.46. The summed E-state index contributed by atoms with van der Waals surface area (Å²) in [4.78, 5) is 19.5. The summed E-state index contributed by atoms with van der Waals surface area (Å²) in [6.45, 7) is 14.0. The van der Waals surface area contributed by atoms with Crippen LogP contribution < -0.4 is 10.4 Å². The smallest absolute Gasteiger partial charge is 0.314 e. The highest BCUT2D eigenvalue weighted by molar-refractivity contribution is 6.99. The third-order valence-electron chi connectivity index (χ3n) is 7.62. The predicted octanol–water partition coefficient (Wildman–Crippen LogP) is 3.68. The molecule has 3 heterocycles. The molecule has 5 rings (SSSR count). The number of hydrogen-bond donors (Lipinski definition) is 0. The average molecular weight is 510 g/mol. The SMILES string of the molecule is CC(C)(C)O[C@H]1CCN2O[C@H]3[C@H](C(=O)O[C@H]3CO[Si](c3ccccc3)(c3ccccc3)C(C)(C)C)[C@@H]12. The van der Waals surface area contributed by atoms with Crippen LogP contribution in [-0.2, 0) is 23.5 Å². The number of cyclic esters (lactones) is 1. The molecule has 0 amide bonds. The fourth-order valence-corrected chi connectivity index (χ4v) is 10.8. The van der Waals surface area contributed by atoms with Crippen LogP contribution in [0.2, 0.25) is 5.04 Å². The van der Waals surface area contributed by atoms with Crippen molar-refractivity contribution in [2.75, 3.05) is 13.2 Å². The topological polar surface area (TPSA) is 57.2 Å². The van der Waals surface area contributed by atoms with Crippen molar-refractivity contribution in [3.63, 3.8) is 0 Å². The van der Waals surface area contributed by atoms with Crippen molar-refractivity contribution < 1.29 is 23.5 Å². The van der Waals surface area contributed by atoms with E-state index in [2.05, 4.69) is 90.1 Å². The number of carbonyl (C=O) groups excluding carboxylic acids is 1. The zero-order valence-electron chi connectivity index (χ0n) is 22.3. The molecule has 36 heavy (non-hydrogen) atoms. The second-order valence-corrected chi connectivity index (χ2v) is 16.5. The lowest BCUT2D eigenvalue weighted by atomic mass is 9.91. The Hall–Kier alpha value is -2.03. The molecule has 194 valence electrons. The number of ether oxygens (including phenoxy) is 2. The highest BCUT2D eigenvalue weighted by atomic mass is 28.4. The maximum absolute atomic E-state index is 13.2. The van der Waals surface area contributed by atoms with Crippen molar-refractivity contribution in [2.24, 2.45) is 5.92 Å². The predicted molar refractivity (Wildman–Crippen MR) is 142 cm³/mol. The fourth-order valence-electron chi connectivity index (χ4n) is 6.26. The monoisotopic (exact) mass is 509 g/mol. The fraction of sp³-hybridized carbons (Fsp3) is 0.552. The summed E-state index contributed by atoms with van der Waals surface area (Å²) in [5.41, 5.74) is -0.285. The Kier molecular flexibility index (Phi) is 6.66. The molecule has 0 radical (unpaired) electrons. The number of nitrogens with zero attached hydrogens (tertiary/aromatic N) is 1. The molecule has 3 aliphatic heterocycles. The van der Waals surface area contributed by atoms with E-state index in [1.165, 1.54) is 10.4 Å². The molecule has 0 spiro atoms. The Labute approximate surface area is 216 Å². The number of carbonyl (C=O) groups is 1. The van der Waals surface area contributed by atoms with E-state index in [4.69, 9.17) is 18.7 Å². The standard InChI is InChI=1S/C29H39NO5Si/c1-28(2,3)34-22-17-18-30-25(22)24-26(35-30)23(33-27(24)31)19-32-36(29(4,5)6,20-13-9-7-10-14-20)21-15-11-8-12-16-21/h7-16,22-26H,17-19H2,1-6H3/t22-,23-,24+,25+,26+/m0/s1. The molecule has 0 aromatic heterocycles. The van der Waals surface area contributed by atoms with Crippen LogP contribution in [0.5, 0.6) is 0 Å². The first kappa shape index (κ1) is 25.6. The Balaban J connectivity index is 1.43. The van der Waals surface area contributed by atoms with Gasteiger partial charge < -0.3 is 13.9 Å². The van der Waals surface area contributed by atoms with Crippen LogP contribution in [0.15, 0.2) is 60.7 Å². The van der Waals surface area contributed by atoms with E-state index in [0.29, 0.717) is 6.61 Å². The number of fused-ring (bicyclic) bond motifs is 3. The summed E-state index contributed by atoms with van der Waals surface area (Å²) in [5, 5.41) is 4.22. The van der Waals surface area contributed by atoms with Gasteiger partial charge in [-0.05, 0) is 42.6 Å². The van der Waals surface area contributed by atoms with E-state index >= 15 is 0 Å². The molecular formula is C29H39NO5Si. The minimum atomic E-state index is -2.74. The van der Waals surface area contributed by atoms with Crippen LogP contribution in [0, 0.1) is 5.92 Å². The molecule has 7 heteroatoms. The molecule has 3 aliphatic rings. The zero-order valence-corrected chi connectivity index (χ0v) is 23.3. The van der Waals surface area contributed by atoms with E-state index in [9.17, 15) is 4.79 Å². The molecule has 5 atom stereocenters. The van der Waals surface area contributed by atoms with Crippen LogP contribution in [0.3, 0.4) is 0 Å². The quantitative estimate of drug-likeness (QED) is 0.438. The van der Waals surface area contributed by atoms with Gasteiger partial charge >= 0.3 is 5.97 Å². The summed E-state index contributed by atoms with van der Waals surface area (Å²) in [5.74, 6) is -0.555. The van der Waals surface area contributed by atoms with Crippen LogP contribution in [0.1, 0.15) is 48.0 Å². The molecular weight excluding hydrogens is 470 g/mol. The van der Waals surface area contributed by atoms with Crippen LogP contribution in [0.4, 0.5) is 0 Å². The molecule has 0 bridgehead atoms. The minimum absolute atomic E-state index is 0.0519. The van der Waals surface area contributed by atoms with Crippen LogP contribution in [-0.4, -0.2) is 62.5 Å². The minimum Gasteiger partial charge on any atom is -0.457 e. The van der Waals surface area contributed by atoms with E-state index < -0.39 is 14.4 Å². The molecule has 6 nitrogen and oxygen atoms in total. The third-order valence-corrected chi connectivity index (χ3v) is 12.6. The highest BCUT2D eigenvalue weighted by Crippen LogP contribution is 2.44. The van der Waals surface area contributed by atoms with Gasteiger partial charge in [0, 0.05) is 6.54 Å². The maximum Gasteiger partial charge on any atom is 0.314 e. The maximum atomic E-state index is 13.2. The second-order valence-electron chi connectivity index (χ2n) is 12.2. The first-order valence-electron chi connectivity index (χ1n) is 13.1. The van der Waals surface area contributed by atoms with E-state index in [0.717, 1.165) is 13.0 Å². The number of esters is 1. The number of benzene rings is 2. The van der Waals surface area contributed by atoms with Crippen molar-refractivity contribution in [1.82, 2.24) is 5.06 Å². The molecule has 0 saturated carbocycles. The molecule has 2 aromatic carbocycles. The van der Waals surface area contributed by atoms with Gasteiger partial charge in [0.1, 0.15) is 12.0 Å². The van der Waals surface area contributed by atoms with Crippen LogP contribution in [0.25, 0.3) is 0 Å². The van der Waals surface area contributed by atoms with Crippen molar-refractivity contribution in [2.45, 2.75) is 83.0 Å². The molecule has 3 fully saturated rings. The van der Waals surface area contributed by atoms with Gasteiger partial charge in [-0.15, -0.1) is 0 Å². The Morgan fingerprint density at radius 3 is 2.06 bits per heavy atom. The summed E-state index contributed by atoms with van der Waals surface area (Å²) in [6.07, 6.45) is -0.0113. The van der Waals surface area contributed by atoms with Gasteiger partial charge in [-0.2, -0.15) is 5.06 Å². The lowest BCUT2D eigenvalue weighted by Crippen LogP contribution is -2.67. The van der Waals surface area contributed by atoms with E-state index in [1.54, 1.807) is 0 Å².